The van der Waals surface area contributed by atoms with Crippen molar-refractivity contribution in [3.63, 3.8) is 0 Å². The topological polar surface area (TPSA) is 136 Å². The van der Waals surface area contributed by atoms with Gasteiger partial charge in [-0.1, -0.05) is 30.0 Å². The van der Waals surface area contributed by atoms with Gasteiger partial charge in [0.2, 0.25) is 5.91 Å². The maximum absolute atomic E-state index is 12.6. The van der Waals surface area contributed by atoms with Crippen LogP contribution in [-0.2, 0) is 34.5 Å². The van der Waals surface area contributed by atoms with Crippen molar-refractivity contribution in [2.75, 3.05) is 5.32 Å². The van der Waals surface area contributed by atoms with Crippen molar-refractivity contribution < 1.29 is 13.2 Å². The van der Waals surface area contributed by atoms with Crippen LogP contribution in [0.25, 0.3) is 0 Å². The minimum Gasteiger partial charge on any atom is -0.309 e. The molecule has 10 nitrogen and oxygen atoms in total. The molecule has 0 spiro atoms. The van der Waals surface area contributed by atoms with Crippen LogP contribution in [0.4, 0.5) is 5.82 Å². The van der Waals surface area contributed by atoms with Crippen LogP contribution >= 0.6 is 11.8 Å². The van der Waals surface area contributed by atoms with Gasteiger partial charge in [-0.2, -0.15) is 10.4 Å². The largest absolute Gasteiger partial charge is 0.309 e. The highest BCUT2D eigenvalue weighted by molar-refractivity contribution is 8.00. The first-order chi connectivity index (χ1) is 14.2. The number of nitriles is 1. The lowest BCUT2D eigenvalue weighted by molar-refractivity contribution is -0.115. The van der Waals surface area contributed by atoms with Gasteiger partial charge in [0.25, 0.3) is 0 Å². The molecule has 0 saturated heterocycles. The standard InChI is InChI=1S/C18H19N7O3S2/c1-12(17(26)21-16-13(9-19)10-20-25(16)3)29-18-23-22-15(24(18)2)11-30(27,28)14-7-5-4-6-8-14/h4-8,10,12H,11H2,1-3H3,(H,21,26). The van der Waals surface area contributed by atoms with E-state index in [1.54, 1.807) is 43.8 Å². The van der Waals surface area contributed by atoms with Crippen molar-refractivity contribution in [1.82, 2.24) is 24.5 Å². The number of nitrogens with zero attached hydrogens (tertiary/aromatic N) is 6. The third-order valence-corrected chi connectivity index (χ3v) is 7.06. The summed E-state index contributed by atoms with van der Waals surface area (Å²) in [7, 11) is -0.294. The number of rotatable bonds is 7. The third kappa shape index (κ3) is 4.52. The Hall–Kier alpha value is -3.17. The highest BCUT2D eigenvalue weighted by Gasteiger charge is 2.23. The summed E-state index contributed by atoms with van der Waals surface area (Å²) in [5.41, 5.74) is 0.259. The van der Waals surface area contributed by atoms with Gasteiger partial charge in [-0.05, 0) is 19.1 Å². The highest BCUT2D eigenvalue weighted by Crippen LogP contribution is 2.24. The zero-order valence-electron chi connectivity index (χ0n) is 16.5. The van der Waals surface area contributed by atoms with Gasteiger partial charge >= 0.3 is 0 Å². The fraction of sp³-hybridized carbons (Fsp3) is 0.278. The Bertz CT molecular complexity index is 1210. The summed E-state index contributed by atoms with van der Waals surface area (Å²) in [4.78, 5) is 12.7. The Morgan fingerprint density at radius 1 is 1.27 bits per heavy atom. The molecule has 1 aromatic carbocycles. The van der Waals surface area contributed by atoms with Crippen LogP contribution < -0.4 is 5.32 Å². The molecule has 0 aliphatic heterocycles. The molecule has 30 heavy (non-hydrogen) atoms. The molecule has 0 aliphatic carbocycles. The van der Waals surface area contributed by atoms with Crippen molar-refractivity contribution in [2.24, 2.45) is 14.1 Å². The lowest BCUT2D eigenvalue weighted by Crippen LogP contribution is -2.24. The van der Waals surface area contributed by atoms with Crippen molar-refractivity contribution in [3.8, 4) is 6.07 Å². The number of hydrogen-bond acceptors (Lipinski definition) is 8. The molecule has 0 saturated carbocycles. The number of aryl methyl sites for hydroxylation is 1. The van der Waals surface area contributed by atoms with E-state index in [9.17, 15) is 13.2 Å². The Kier molecular flexibility index (Phi) is 6.23. The smallest absolute Gasteiger partial charge is 0.238 e. The van der Waals surface area contributed by atoms with Gasteiger partial charge in [-0.15, -0.1) is 10.2 Å². The second-order valence-electron chi connectivity index (χ2n) is 6.42. The third-order valence-electron chi connectivity index (χ3n) is 4.30. The van der Waals surface area contributed by atoms with Crippen LogP contribution in [-0.4, -0.2) is 44.1 Å². The number of sulfone groups is 1. The molecule has 1 amide bonds. The number of hydrogen-bond donors (Lipinski definition) is 1. The Balaban J connectivity index is 1.71. The molecule has 1 unspecified atom stereocenters. The number of amides is 1. The van der Waals surface area contributed by atoms with Crippen LogP contribution in [0.15, 0.2) is 46.6 Å². The van der Waals surface area contributed by atoms with Gasteiger partial charge < -0.3 is 9.88 Å². The summed E-state index contributed by atoms with van der Waals surface area (Å²) < 4.78 is 28.1. The van der Waals surface area contributed by atoms with E-state index >= 15 is 0 Å². The number of thioether (sulfide) groups is 1. The van der Waals surface area contributed by atoms with Gasteiger partial charge in [-0.25, -0.2) is 8.42 Å². The summed E-state index contributed by atoms with van der Waals surface area (Å²) in [5, 5.41) is 23.6. The minimum absolute atomic E-state index is 0.208. The van der Waals surface area contributed by atoms with Crippen LogP contribution in [0.5, 0.6) is 0 Å². The molecule has 1 atom stereocenters. The van der Waals surface area contributed by atoms with E-state index in [4.69, 9.17) is 5.26 Å². The first-order valence-corrected chi connectivity index (χ1v) is 11.3. The van der Waals surface area contributed by atoms with Gasteiger partial charge in [0, 0.05) is 14.1 Å². The van der Waals surface area contributed by atoms with Crippen LogP contribution in [0, 0.1) is 11.3 Å². The number of benzene rings is 1. The molecule has 12 heteroatoms. The van der Waals surface area contributed by atoms with E-state index < -0.39 is 15.1 Å². The van der Waals surface area contributed by atoms with Crippen molar-refractivity contribution in [2.45, 2.75) is 28.0 Å². The molecule has 156 valence electrons. The predicted molar refractivity (Wildman–Crippen MR) is 110 cm³/mol. The second kappa shape index (κ2) is 8.68. The van der Waals surface area contributed by atoms with Gasteiger partial charge in [0.1, 0.15) is 29.0 Å². The molecule has 3 aromatic rings. The van der Waals surface area contributed by atoms with Gasteiger partial charge in [0.05, 0.1) is 16.3 Å². The SMILES string of the molecule is CC(Sc1nnc(CS(=O)(=O)c2ccccc2)n1C)C(=O)Nc1c(C#N)cnn1C. The van der Waals surface area contributed by atoms with Crippen LogP contribution in [0.1, 0.15) is 18.3 Å². The van der Waals surface area contributed by atoms with E-state index in [0.29, 0.717) is 11.0 Å². The summed E-state index contributed by atoms with van der Waals surface area (Å²) >= 11 is 1.13. The van der Waals surface area contributed by atoms with Crippen molar-refractivity contribution in [1.29, 1.82) is 5.26 Å². The zero-order valence-corrected chi connectivity index (χ0v) is 18.1. The fourth-order valence-electron chi connectivity index (χ4n) is 2.55. The number of anilines is 1. The lowest BCUT2D eigenvalue weighted by Gasteiger charge is -2.12. The summed E-state index contributed by atoms with van der Waals surface area (Å²) in [6, 6.07) is 10.1. The molecule has 1 N–H and O–H groups in total. The van der Waals surface area contributed by atoms with Crippen molar-refractivity contribution >= 4 is 33.3 Å². The van der Waals surface area contributed by atoms with E-state index in [1.807, 2.05) is 6.07 Å². The normalized spacial score (nSPS) is 12.3. The van der Waals surface area contributed by atoms with E-state index in [0.717, 1.165) is 11.8 Å². The summed E-state index contributed by atoms with van der Waals surface area (Å²) in [6.45, 7) is 1.68. The summed E-state index contributed by atoms with van der Waals surface area (Å²) in [6.07, 6.45) is 1.37. The minimum atomic E-state index is -3.57. The lowest BCUT2D eigenvalue weighted by atomic mass is 10.3. The molecule has 0 bridgehead atoms. The first kappa shape index (κ1) is 21.5. The van der Waals surface area contributed by atoms with Crippen molar-refractivity contribution in [3.05, 3.63) is 47.9 Å². The molecule has 0 radical (unpaired) electrons. The van der Waals surface area contributed by atoms with Crippen LogP contribution in [0.3, 0.4) is 0 Å². The van der Waals surface area contributed by atoms with Gasteiger partial charge in [-0.3, -0.25) is 9.48 Å². The van der Waals surface area contributed by atoms with Crippen LogP contribution in [0.2, 0.25) is 0 Å². The molecule has 3 rings (SSSR count). The Morgan fingerprint density at radius 3 is 2.63 bits per heavy atom. The number of carbonyl (C=O) groups excluding carboxylic acids is 1. The molecule has 2 heterocycles. The maximum Gasteiger partial charge on any atom is 0.238 e. The average Bonchev–Trinajstić information content (AvgIpc) is 3.25. The number of aromatic nitrogens is 5. The van der Waals surface area contributed by atoms with E-state index in [2.05, 4.69) is 20.6 Å². The quantitative estimate of drug-likeness (QED) is 0.541. The number of carbonyl (C=O) groups is 1. The first-order valence-electron chi connectivity index (χ1n) is 8.78. The predicted octanol–water partition coefficient (Wildman–Crippen LogP) is 1.51. The molecule has 2 aromatic heterocycles. The van der Waals surface area contributed by atoms with Gasteiger partial charge in [0.15, 0.2) is 15.0 Å². The Labute approximate surface area is 177 Å². The molecule has 0 fully saturated rings. The van der Waals surface area contributed by atoms with E-state index in [-0.39, 0.29) is 27.9 Å². The number of nitrogens with one attached hydrogen (secondary N) is 1. The Morgan fingerprint density at radius 2 is 1.97 bits per heavy atom. The average molecular weight is 446 g/mol. The maximum atomic E-state index is 12.6. The second-order valence-corrected chi connectivity index (χ2v) is 9.72. The fourth-order valence-corrected chi connectivity index (χ4v) is 4.72. The monoisotopic (exact) mass is 445 g/mol. The summed E-state index contributed by atoms with van der Waals surface area (Å²) in [5.74, 6) is -0.0705. The zero-order chi connectivity index (χ0) is 21.9. The molecular formula is C18H19N7O3S2. The molecule has 0 aliphatic rings. The molecular weight excluding hydrogens is 426 g/mol. The highest BCUT2D eigenvalue weighted by atomic mass is 32.2. The van der Waals surface area contributed by atoms with E-state index in [1.165, 1.54) is 23.0 Å².